The molecule has 3 aliphatic rings. The normalized spacial score (nSPS) is 24.6. The number of benzene rings is 3. The number of Topliss-reactive ketones (excluding diaryl/α,β-unsaturated/α-hetero) is 2. The minimum atomic E-state index is -1.29. The predicted octanol–water partition coefficient (Wildman–Crippen LogP) is 6.30. The highest BCUT2D eigenvalue weighted by atomic mass is 32.1. The van der Waals surface area contributed by atoms with Crippen molar-refractivity contribution < 1.29 is 14.4 Å². The lowest BCUT2D eigenvalue weighted by atomic mass is 9.64. The van der Waals surface area contributed by atoms with E-state index in [1.165, 1.54) is 11.3 Å². The Labute approximate surface area is 230 Å². The Kier molecular flexibility index (Phi) is 5.26. The lowest BCUT2D eigenvalue weighted by Crippen LogP contribution is -2.51. The highest BCUT2D eigenvalue weighted by Crippen LogP contribution is 2.58. The molecule has 3 aromatic carbocycles. The smallest absolute Gasteiger partial charge is 0.238 e. The molecule has 0 saturated carbocycles. The number of thiophene rings is 1. The summed E-state index contributed by atoms with van der Waals surface area (Å²) < 4.78 is 0. The molecule has 5 nitrogen and oxygen atoms in total. The van der Waals surface area contributed by atoms with E-state index in [1.54, 1.807) is 6.07 Å². The molecule has 1 fully saturated rings. The molecule has 192 valence electrons. The molecule has 7 rings (SSSR count). The van der Waals surface area contributed by atoms with Crippen LogP contribution in [0.1, 0.15) is 43.6 Å². The van der Waals surface area contributed by atoms with Gasteiger partial charge in [0.1, 0.15) is 11.5 Å². The van der Waals surface area contributed by atoms with Gasteiger partial charge in [0.25, 0.3) is 0 Å². The molecule has 1 saturated heterocycles. The molecule has 0 aliphatic carbocycles. The Morgan fingerprint density at radius 1 is 0.872 bits per heavy atom. The molecular weight excluding hydrogens is 504 g/mol. The number of para-hydroxylation sites is 2. The summed E-state index contributed by atoms with van der Waals surface area (Å²) in [6, 6.07) is 25.2. The summed E-state index contributed by atoms with van der Waals surface area (Å²) in [6.45, 7) is 4.01. The van der Waals surface area contributed by atoms with Crippen molar-refractivity contribution in [1.82, 2.24) is 0 Å². The van der Waals surface area contributed by atoms with Crippen LogP contribution in [-0.2, 0) is 10.2 Å². The van der Waals surface area contributed by atoms with Gasteiger partial charge < -0.3 is 10.2 Å². The Morgan fingerprint density at radius 2 is 1.62 bits per heavy atom. The zero-order valence-electron chi connectivity index (χ0n) is 21.5. The highest BCUT2D eigenvalue weighted by molar-refractivity contribution is 7.12. The number of hydrogen-bond donors (Lipinski definition) is 1. The molecule has 6 heteroatoms. The molecule has 4 aromatic rings. The minimum Gasteiger partial charge on any atom is -0.352 e. The lowest BCUT2D eigenvalue weighted by Gasteiger charge is -2.39. The number of nitrogens with zero attached hydrogens (tertiary/aromatic N) is 1. The number of ketones is 2. The maximum atomic E-state index is 14.7. The molecule has 4 atom stereocenters. The Hall–Kier alpha value is -4.29. The van der Waals surface area contributed by atoms with E-state index in [2.05, 4.69) is 16.3 Å². The van der Waals surface area contributed by atoms with Gasteiger partial charge in [0.15, 0.2) is 11.6 Å². The SMILES string of the molecule is CC1=C[C@H]2N(c3ccccc31)[C@H](C(=O)c1cccs1)[C@H](C(=O)c1ccc(C)cc1)[C@@]21C(=O)Nc2ccccc21. The van der Waals surface area contributed by atoms with Gasteiger partial charge in [-0.15, -0.1) is 11.3 Å². The van der Waals surface area contributed by atoms with E-state index in [-0.39, 0.29) is 17.5 Å². The van der Waals surface area contributed by atoms with Gasteiger partial charge >= 0.3 is 0 Å². The average molecular weight is 531 g/mol. The van der Waals surface area contributed by atoms with E-state index in [1.807, 2.05) is 98.1 Å². The third-order valence-electron chi connectivity index (χ3n) is 8.53. The van der Waals surface area contributed by atoms with Crippen LogP contribution in [-0.4, -0.2) is 29.6 Å². The van der Waals surface area contributed by atoms with Crippen molar-refractivity contribution >= 4 is 45.8 Å². The third-order valence-corrected chi connectivity index (χ3v) is 9.42. The van der Waals surface area contributed by atoms with Gasteiger partial charge in [0, 0.05) is 22.5 Å². The van der Waals surface area contributed by atoms with Gasteiger partial charge in [-0.2, -0.15) is 0 Å². The van der Waals surface area contributed by atoms with E-state index in [0.29, 0.717) is 16.1 Å². The van der Waals surface area contributed by atoms with Crippen LogP contribution in [0.4, 0.5) is 11.4 Å². The van der Waals surface area contributed by atoms with Crippen LogP contribution in [0.2, 0.25) is 0 Å². The molecule has 39 heavy (non-hydrogen) atoms. The zero-order chi connectivity index (χ0) is 26.9. The number of nitrogens with one attached hydrogen (secondary N) is 1. The summed E-state index contributed by atoms with van der Waals surface area (Å²) in [5.41, 5.74) is 4.60. The Balaban J connectivity index is 1.56. The summed E-state index contributed by atoms with van der Waals surface area (Å²) in [5.74, 6) is -1.53. The van der Waals surface area contributed by atoms with Crippen LogP contribution < -0.4 is 10.2 Å². The second-order valence-electron chi connectivity index (χ2n) is 10.6. The van der Waals surface area contributed by atoms with Crippen molar-refractivity contribution in [3.05, 3.63) is 124 Å². The Morgan fingerprint density at radius 3 is 2.38 bits per heavy atom. The number of anilines is 2. The first kappa shape index (κ1) is 23.8. The zero-order valence-corrected chi connectivity index (χ0v) is 22.4. The molecular formula is C33H26N2O3S. The summed E-state index contributed by atoms with van der Waals surface area (Å²) in [7, 11) is 0. The van der Waals surface area contributed by atoms with Crippen LogP contribution in [0.15, 0.2) is 96.4 Å². The quantitative estimate of drug-likeness (QED) is 0.314. The lowest BCUT2D eigenvalue weighted by molar-refractivity contribution is -0.121. The largest absolute Gasteiger partial charge is 0.352 e. The van der Waals surface area contributed by atoms with E-state index in [0.717, 1.165) is 28.0 Å². The van der Waals surface area contributed by atoms with Gasteiger partial charge in [0.05, 0.1) is 16.8 Å². The van der Waals surface area contributed by atoms with Crippen molar-refractivity contribution in [2.24, 2.45) is 5.92 Å². The van der Waals surface area contributed by atoms with Crippen LogP contribution >= 0.6 is 11.3 Å². The van der Waals surface area contributed by atoms with Gasteiger partial charge in [-0.1, -0.05) is 78.4 Å². The standard InChI is InChI=1S/C33H26N2O3S/c1-19-13-15-21(16-14-19)30(36)28-29(31(37)26-12-7-17-39-26)35-25-11-6-3-8-22(25)20(2)18-27(35)33(28)23-9-4-5-10-24(23)34-32(33)38/h3-18,27-29H,1-2H3,(H,34,38)/t27-,28-,29+,33+/m1/s1. The molecule has 0 bridgehead atoms. The number of hydrogen-bond acceptors (Lipinski definition) is 5. The first-order valence-electron chi connectivity index (χ1n) is 13.1. The molecule has 0 radical (unpaired) electrons. The van der Waals surface area contributed by atoms with E-state index >= 15 is 0 Å². The molecule has 1 amide bonds. The van der Waals surface area contributed by atoms with Crippen LogP contribution in [0, 0.1) is 12.8 Å². The maximum absolute atomic E-state index is 14.7. The van der Waals surface area contributed by atoms with E-state index in [9.17, 15) is 14.4 Å². The van der Waals surface area contributed by atoms with Crippen molar-refractivity contribution in [3.63, 3.8) is 0 Å². The number of allylic oxidation sites excluding steroid dienone is 1. The molecule has 1 spiro atoms. The fourth-order valence-corrected chi connectivity index (χ4v) is 7.55. The first-order valence-corrected chi connectivity index (χ1v) is 14.0. The molecule has 1 aromatic heterocycles. The average Bonchev–Trinajstić information content (AvgIpc) is 3.66. The van der Waals surface area contributed by atoms with E-state index < -0.39 is 23.4 Å². The molecule has 0 unspecified atom stereocenters. The fourth-order valence-electron chi connectivity index (χ4n) is 6.85. The number of carbonyl (C=O) groups is 3. The Bertz CT molecular complexity index is 1690. The van der Waals surface area contributed by atoms with Gasteiger partial charge in [0.2, 0.25) is 5.91 Å². The van der Waals surface area contributed by atoms with Gasteiger partial charge in [-0.3, -0.25) is 14.4 Å². The monoisotopic (exact) mass is 530 g/mol. The maximum Gasteiger partial charge on any atom is 0.238 e. The number of rotatable bonds is 4. The number of fused-ring (bicyclic) bond motifs is 6. The molecule has 3 aliphatic heterocycles. The van der Waals surface area contributed by atoms with Crippen molar-refractivity contribution in [1.29, 1.82) is 0 Å². The first-order chi connectivity index (χ1) is 18.9. The summed E-state index contributed by atoms with van der Waals surface area (Å²) in [5, 5.41) is 4.96. The third kappa shape index (κ3) is 3.21. The number of aryl methyl sites for hydroxylation is 1. The summed E-state index contributed by atoms with van der Waals surface area (Å²) in [6.07, 6.45) is 2.08. The van der Waals surface area contributed by atoms with Crippen molar-refractivity contribution in [2.45, 2.75) is 31.3 Å². The minimum absolute atomic E-state index is 0.141. The predicted molar refractivity (Wildman–Crippen MR) is 155 cm³/mol. The summed E-state index contributed by atoms with van der Waals surface area (Å²) in [4.78, 5) is 46.2. The van der Waals surface area contributed by atoms with Crippen LogP contribution in [0.5, 0.6) is 0 Å². The second-order valence-corrected chi connectivity index (χ2v) is 11.5. The van der Waals surface area contributed by atoms with Crippen molar-refractivity contribution in [3.8, 4) is 0 Å². The van der Waals surface area contributed by atoms with Gasteiger partial charge in [-0.05, 0) is 48.6 Å². The number of amides is 1. The van der Waals surface area contributed by atoms with Crippen LogP contribution in [0.25, 0.3) is 5.57 Å². The molecule has 4 heterocycles. The molecule has 1 N–H and O–H groups in total. The fraction of sp³-hybridized carbons (Fsp3) is 0.182. The summed E-state index contributed by atoms with van der Waals surface area (Å²) >= 11 is 1.36. The van der Waals surface area contributed by atoms with E-state index in [4.69, 9.17) is 0 Å². The number of carbonyl (C=O) groups excluding carboxylic acids is 3. The van der Waals surface area contributed by atoms with Crippen LogP contribution in [0.3, 0.4) is 0 Å². The van der Waals surface area contributed by atoms with Crippen molar-refractivity contribution in [2.75, 3.05) is 10.2 Å². The second kappa shape index (κ2) is 8.61. The van der Waals surface area contributed by atoms with Gasteiger partial charge in [-0.25, -0.2) is 0 Å². The topological polar surface area (TPSA) is 66.5 Å². The highest BCUT2D eigenvalue weighted by Gasteiger charge is 2.70.